The van der Waals surface area contributed by atoms with Crippen LogP contribution in [0.25, 0.3) is 0 Å². The zero-order chi connectivity index (χ0) is 10.6. The standard InChI is InChI=1S/C12H22.C2H6/c1-10(2)11-4-8-12(9-5-11)6-3-7-12;1-2/h10-11H,3-9H2,1-2H3;1-2H3. The van der Waals surface area contributed by atoms with Crippen molar-refractivity contribution in [2.24, 2.45) is 17.3 Å². The molecule has 0 radical (unpaired) electrons. The van der Waals surface area contributed by atoms with Gasteiger partial charge in [0.05, 0.1) is 0 Å². The van der Waals surface area contributed by atoms with E-state index in [2.05, 4.69) is 13.8 Å². The van der Waals surface area contributed by atoms with Gasteiger partial charge >= 0.3 is 0 Å². The zero-order valence-corrected chi connectivity index (χ0v) is 10.6. The van der Waals surface area contributed by atoms with Crippen LogP contribution < -0.4 is 0 Å². The summed E-state index contributed by atoms with van der Waals surface area (Å²) in [7, 11) is 0. The van der Waals surface area contributed by atoms with Crippen molar-refractivity contribution in [3.63, 3.8) is 0 Å². The third kappa shape index (κ3) is 2.52. The van der Waals surface area contributed by atoms with Gasteiger partial charge in [-0.25, -0.2) is 0 Å². The molecule has 0 N–H and O–H groups in total. The van der Waals surface area contributed by atoms with E-state index in [1.54, 1.807) is 25.7 Å². The van der Waals surface area contributed by atoms with Crippen LogP contribution in [0.3, 0.4) is 0 Å². The minimum absolute atomic E-state index is 0.866. The Balaban J connectivity index is 0.000000461. The van der Waals surface area contributed by atoms with Crippen molar-refractivity contribution < 1.29 is 0 Å². The normalized spacial score (nSPS) is 25.5. The van der Waals surface area contributed by atoms with Gasteiger partial charge in [-0.1, -0.05) is 34.1 Å². The van der Waals surface area contributed by atoms with Crippen LogP contribution in [-0.4, -0.2) is 0 Å². The molecule has 1 spiro atoms. The van der Waals surface area contributed by atoms with Gasteiger partial charge in [-0.2, -0.15) is 0 Å². The molecule has 0 aromatic carbocycles. The predicted molar refractivity (Wildman–Crippen MR) is 64.4 cm³/mol. The quantitative estimate of drug-likeness (QED) is 0.552. The maximum Gasteiger partial charge on any atom is -0.0297 e. The van der Waals surface area contributed by atoms with Crippen LogP contribution in [-0.2, 0) is 0 Å². The van der Waals surface area contributed by atoms with E-state index in [1.807, 2.05) is 13.8 Å². The maximum absolute atomic E-state index is 2.39. The number of rotatable bonds is 1. The second-order valence-electron chi connectivity index (χ2n) is 5.44. The van der Waals surface area contributed by atoms with Crippen molar-refractivity contribution >= 4 is 0 Å². The van der Waals surface area contributed by atoms with Crippen LogP contribution in [0.5, 0.6) is 0 Å². The predicted octanol–water partition coefficient (Wildman–Crippen LogP) is 5.03. The highest BCUT2D eigenvalue weighted by atomic mass is 14.5. The molecule has 14 heavy (non-hydrogen) atoms. The fraction of sp³-hybridized carbons (Fsp3) is 1.00. The van der Waals surface area contributed by atoms with Gasteiger partial charge in [0, 0.05) is 0 Å². The summed E-state index contributed by atoms with van der Waals surface area (Å²) in [6.07, 6.45) is 10.8. The SMILES string of the molecule is CC.CC(C)C1CCC2(CCC2)CC1. The van der Waals surface area contributed by atoms with Crippen molar-refractivity contribution in [2.75, 3.05) is 0 Å². The Morgan fingerprint density at radius 3 is 1.71 bits per heavy atom. The first-order chi connectivity index (χ1) is 6.72. The second kappa shape index (κ2) is 5.19. The second-order valence-corrected chi connectivity index (χ2v) is 5.44. The molecule has 0 aliphatic heterocycles. The molecule has 0 aromatic heterocycles. The summed E-state index contributed by atoms with van der Waals surface area (Å²) in [5.74, 6) is 1.98. The van der Waals surface area contributed by atoms with Gasteiger partial charge in [0.15, 0.2) is 0 Å². The largest absolute Gasteiger partial charge is 0.0683 e. The molecule has 2 aliphatic carbocycles. The Bertz CT molecular complexity index is 143. The van der Waals surface area contributed by atoms with Crippen molar-refractivity contribution in [3.05, 3.63) is 0 Å². The highest BCUT2D eigenvalue weighted by Gasteiger charge is 2.40. The molecule has 0 atom stereocenters. The first kappa shape index (κ1) is 12.1. The molecule has 0 unspecified atom stereocenters. The Morgan fingerprint density at radius 1 is 0.929 bits per heavy atom. The van der Waals surface area contributed by atoms with E-state index in [4.69, 9.17) is 0 Å². The topological polar surface area (TPSA) is 0 Å². The Hall–Kier alpha value is 0. The van der Waals surface area contributed by atoms with Crippen molar-refractivity contribution in [2.45, 2.75) is 72.6 Å². The van der Waals surface area contributed by atoms with Crippen LogP contribution in [0.4, 0.5) is 0 Å². The maximum atomic E-state index is 2.39. The van der Waals surface area contributed by atoms with Gasteiger partial charge in [-0.15, -0.1) is 0 Å². The molecular formula is C14H28. The molecule has 0 saturated heterocycles. The summed E-state index contributed by atoms with van der Waals surface area (Å²) in [5.41, 5.74) is 0.866. The summed E-state index contributed by atoms with van der Waals surface area (Å²) in [6.45, 7) is 8.78. The van der Waals surface area contributed by atoms with Crippen LogP contribution in [0.15, 0.2) is 0 Å². The van der Waals surface area contributed by atoms with Gasteiger partial charge < -0.3 is 0 Å². The highest BCUT2D eigenvalue weighted by Crippen LogP contribution is 2.53. The lowest BCUT2D eigenvalue weighted by Gasteiger charge is -2.47. The van der Waals surface area contributed by atoms with E-state index in [-0.39, 0.29) is 0 Å². The van der Waals surface area contributed by atoms with Gasteiger partial charge in [0.25, 0.3) is 0 Å². The summed E-state index contributed by atoms with van der Waals surface area (Å²) in [6, 6.07) is 0. The molecule has 0 heterocycles. The Kier molecular flexibility index (Phi) is 4.47. The third-order valence-corrected chi connectivity index (χ3v) is 4.45. The summed E-state index contributed by atoms with van der Waals surface area (Å²) < 4.78 is 0. The molecule has 2 saturated carbocycles. The van der Waals surface area contributed by atoms with Crippen LogP contribution in [0.1, 0.15) is 72.6 Å². The van der Waals surface area contributed by atoms with Gasteiger partial charge in [-0.3, -0.25) is 0 Å². The van der Waals surface area contributed by atoms with Crippen molar-refractivity contribution in [1.82, 2.24) is 0 Å². The van der Waals surface area contributed by atoms with E-state index in [0.29, 0.717) is 0 Å². The van der Waals surface area contributed by atoms with Crippen molar-refractivity contribution in [3.8, 4) is 0 Å². The summed E-state index contributed by atoms with van der Waals surface area (Å²) >= 11 is 0. The van der Waals surface area contributed by atoms with Crippen LogP contribution in [0.2, 0.25) is 0 Å². The fourth-order valence-electron chi connectivity index (χ4n) is 3.10. The summed E-state index contributed by atoms with van der Waals surface area (Å²) in [4.78, 5) is 0. The zero-order valence-electron chi connectivity index (χ0n) is 10.6. The molecule has 2 aliphatic rings. The molecular weight excluding hydrogens is 168 g/mol. The molecule has 0 bridgehead atoms. The lowest BCUT2D eigenvalue weighted by molar-refractivity contribution is 0.0449. The first-order valence-electron chi connectivity index (χ1n) is 6.72. The summed E-state index contributed by atoms with van der Waals surface area (Å²) in [5, 5.41) is 0. The van der Waals surface area contributed by atoms with E-state index in [9.17, 15) is 0 Å². The number of hydrogen-bond acceptors (Lipinski definition) is 0. The third-order valence-electron chi connectivity index (χ3n) is 4.45. The van der Waals surface area contributed by atoms with Crippen LogP contribution in [0, 0.1) is 17.3 Å². The van der Waals surface area contributed by atoms with Gasteiger partial charge in [0.1, 0.15) is 0 Å². The Labute approximate surface area is 90.5 Å². The molecule has 0 amide bonds. The Morgan fingerprint density at radius 2 is 1.43 bits per heavy atom. The molecule has 84 valence electrons. The van der Waals surface area contributed by atoms with Gasteiger partial charge in [0.2, 0.25) is 0 Å². The molecule has 0 aromatic rings. The smallest absolute Gasteiger partial charge is 0.0297 e. The van der Waals surface area contributed by atoms with E-state index < -0.39 is 0 Å². The van der Waals surface area contributed by atoms with E-state index in [0.717, 1.165) is 17.3 Å². The minimum atomic E-state index is 0.866. The first-order valence-corrected chi connectivity index (χ1v) is 6.72. The average Bonchev–Trinajstić information content (AvgIpc) is 2.19. The molecule has 2 fully saturated rings. The minimum Gasteiger partial charge on any atom is -0.0683 e. The molecule has 2 rings (SSSR count). The lowest BCUT2D eigenvalue weighted by atomic mass is 9.58. The molecule has 0 heteroatoms. The average molecular weight is 196 g/mol. The highest BCUT2D eigenvalue weighted by molar-refractivity contribution is 4.92. The van der Waals surface area contributed by atoms with E-state index >= 15 is 0 Å². The molecule has 0 nitrogen and oxygen atoms in total. The number of hydrogen-bond donors (Lipinski definition) is 0. The van der Waals surface area contributed by atoms with E-state index in [1.165, 1.54) is 19.3 Å². The van der Waals surface area contributed by atoms with Crippen molar-refractivity contribution in [1.29, 1.82) is 0 Å². The van der Waals surface area contributed by atoms with Gasteiger partial charge in [-0.05, 0) is 55.8 Å². The van der Waals surface area contributed by atoms with Crippen LogP contribution >= 0.6 is 0 Å². The lowest BCUT2D eigenvalue weighted by Crippen LogP contribution is -2.34. The fourth-order valence-corrected chi connectivity index (χ4v) is 3.10. The monoisotopic (exact) mass is 196 g/mol.